The second kappa shape index (κ2) is 5.05. The molecule has 4 N–H and O–H groups in total. The molecule has 0 aliphatic rings. The molecule has 0 saturated carbocycles. The van der Waals surface area contributed by atoms with Crippen molar-refractivity contribution >= 4 is 6.03 Å². The Kier molecular flexibility index (Phi) is 4.66. The average Bonchev–Trinajstić information content (AvgIpc) is 1.79. The van der Waals surface area contributed by atoms with Gasteiger partial charge in [0.05, 0.1) is 6.10 Å². The molecular weight excluding hydrogens is 132 g/mol. The molecule has 4 heteroatoms. The molecule has 0 aromatic heterocycles. The van der Waals surface area contributed by atoms with E-state index in [1.165, 1.54) is 0 Å². The fourth-order valence-corrected chi connectivity index (χ4v) is 0.609. The van der Waals surface area contributed by atoms with Crippen LogP contribution in [0.5, 0.6) is 0 Å². The summed E-state index contributed by atoms with van der Waals surface area (Å²) in [5.74, 6) is 0. The fraction of sp³-hybridized carbons (Fsp3) is 0.833. The zero-order valence-electron chi connectivity index (χ0n) is 6.13. The smallest absolute Gasteiger partial charge is 0.312 e. The van der Waals surface area contributed by atoms with Crippen LogP contribution in [-0.4, -0.2) is 23.8 Å². The normalized spacial score (nSPS) is 12.6. The van der Waals surface area contributed by atoms with Crippen molar-refractivity contribution in [2.45, 2.75) is 25.9 Å². The maximum Gasteiger partial charge on any atom is 0.312 e. The van der Waals surface area contributed by atoms with E-state index in [1.807, 2.05) is 0 Å². The lowest BCUT2D eigenvalue weighted by atomic mass is 10.2. The molecule has 0 radical (unpaired) electrons. The van der Waals surface area contributed by atoms with Crippen LogP contribution in [0.1, 0.15) is 19.8 Å². The Labute approximate surface area is 60.4 Å². The molecule has 1 atom stereocenters. The Morgan fingerprint density at radius 3 is 2.80 bits per heavy atom. The number of carbonyl (C=O) groups is 1. The van der Waals surface area contributed by atoms with Gasteiger partial charge in [0.1, 0.15) is 0 Å². The van der Waals surface area contributed by atoms with Gasteiger partial charge in [-0.05, 0) is 19.8 Å². The van der Waals surface area contributed by atoms with Crippen LogP contribution in [0.4, 0.5) is 4.79 Å². The molecule has 0 fully saturated rings. The number of nitrogens with one attached hydrogen (secondary N) is 1. The summed E-state index contributed by atoms with van der Waals surface area (Å²) in [6.45, 7) is 2.25. The highest BCUT2D eigenvalue weighted by Gasteiger charge is 1.95. The molecule has 0 saturated heterocycles. The van der Waals surface area contributed by atoms with Gasteiger partial charge in [-0.25, -0.2) is 4.79 Å². The van der Waals surface area contributed by atoms with E-state index < -0.39 is 6.03 Å². The molecule has 2 amide bonds. The molecule has 0 aromatic rings. The van der Waals surface area contributed by atoms with Crippen molar-refractivity contribution in [1.29, 1.82) is 0 Å². The molecule has 1 unspecified atom stereocenters. The highest BCUT2D eigenvalue weighted by atomic mass is 16.3. The molecule has 10 heavy (non-hydrogen) atoms. The van der Waals surface area contributed by atoms with E-state index in [4.69, 9.17) is 10.8 Å². The number of nitrogens with two attached hydrogens (primary N) is 1. The minimum absolute atomic E-state index is 0.297. The predicted octanol–water partition coefficient (Wildman–Crippen LogP) is -0.184. The number of primary amides is 1. The molecule has 0 rings (SSSR count). The van der Waals surface area contributed by atoms with Gasteiger partial charge in [-0.3, -0.25) is 0 Å². The molecule has 0 aliphatic carbocycles. The summed E-state index contributed by atoms with van der Waals surface area (Å²) in [4.78, 5) is 10.1. The molecule has 0 spiro atoms. The van der Waals surface area contributed by atoms with E-state index in [0.29, 0.717) is 13.0 Å². The van der Waals surface area contributed by atoms with Crippen molar-refractivity contribution in [3.8, 4) is 0 Å². The molecule has 0 aromatic carbocycles. The number of amides is 2. The van der Waals surface area contributed by atoms with Crippen molar-refractivity contribution in [2.24, 2.45) is 5.73 Å². The number of carbonyl (C=O) groups excluding carboxylic acids is 1. The summed E-state index contributed by atoms with van der Waals surface area (Å²) in [5.41, 5.74) is 4.80. The topological polar surface area (TPSA) is 75.3 Å². The van der Waals surface area contributed by atoms with Gasteiger partial charge >= 0.3 is 6.03 Å². The summed E-state index contributed by atoms with van der Waals surface area (Å²) in [5, 5.41) is 11.2. The van der Waals surface area contributed by atoms with Crippen LogP contribution >= 0.6 is 0 Å². The van der Waals surface area contributed by atoms with Gasteiger partial charge in [-0.1, -0.05) is 0 Å². The van der Waals surface area contributed by atoms with Crippen LogP contribution in [0, 0.1) is 0 Å². The second-order valence-corrected chi connectivity index (χ2v) is 2.28. The van der Waals surface area contributed by atoms with Crippen LogP contribution in [-0.2, 0) is 0 Å². The number of hydrogen-bond donors (Lipinski definition) is 3. The van der Waals surface area contributed by atoms with Crippen molar-refractivity contribution in [2.75, 3.05) is 6.54 Å². The maximum atomic E-state index is 10.1. The Morgan fingerprint density at radius 2 is 2.40 bits per heavy atom. The van der Waals surface area contributed by atoms with Crippen molar-refractivity contribution in [3.05, 3.63) is 0 Å². The van der Waals surface area contributed by atoms with E-state index in [0.717, 1.165) is 6.42 Å². The third-order valence-electron chi connectivity index (χ3n) is 1.10. The maximum absolute atomic E-state index is 10.1. The van der Waals surface area contributed by atoms with Crippen LogP contribution in [0.2, 0.25) is 0 Å². The van der Waals surface area contributed by atoms with Gasteiger partial charge < -0.3 is 16.2 Å². The summed E-state index contributed by atoms with van der Waals surface area (Å²) in [6.07, 6.45) is 1.16. The van der Waals surface area contributed by atoms with Crippen LogP contribution in [0.15, 0.2) is 0 Å². The van der Waals surface area contributed by atoms with E-state index in [1.54, 1.807) is 6.92 Å². The monoisotopic (exact) mass is 146 g/mol. The van der Waals surface area contributed by atoms with Gasteiger partial charge in [-0.2, -0.15) is 0 Å². The number of hydrogen-bond acceptors (Lipinski definition) is 2. The first-order chi connectivity index (χ1) is 4.63. The quantitative estimate of drug-likeness (QED) is 0.481. The lowest BCUT2D eigenvalue weighted by Crippen LogP contribution is -2.30. The first kappa shape index (κ1) is 9.23. The third-order valence-corrected chi connectivity index (χ3v) is 1.10. The van der Waals surface area contributed by atoms with E-state index in [9.17, 15) is 4.79 Å². The van der Waals surface area contributed by atoms with Crippen LogP contribution < -0.4 is 11.1 Å². The Hall–Kier alpha value is -0.770. The molecular formula is C6H14N2O2. The predicted molar refractivity (Wildman–Crippen MR) is 38.5 cm³/mol. The Balaban J connectivity index is 2.98. The summed E-state index contributed by atoms with van der Waals surface area (Å²) < 4.78 is 0. The average molecular weight is 146 g/mol. The van der Waals surface area contributed by atoms with Gasteiger partial charge in [-0.15, -0.1) is 0 Å². The van der Waals surface area contributed by atoms with E-state index in [-0.39, 0.29) is 6.10 Å². The van der Waals surface area contributed by atoms with E-state index >= 15 is 0 Å². The van der Waals surface area contributed by atoms with Crippen LogP contribution in [0.25, 0.3) is 0 Å². The van der Waals surface area contributed by atoms with Gasteiger partial charge in [0.25, 0.3) is 0 Å². The second-order valence-electron chi connectivity index (χ2n) is 2.28. The largest absolute Gasteiger partial charge is 0.393 e. The highest BCUT2D eigenvalue weighted by Crippen LogP contribution is 1.92. The minimum atomic E-state index is -0.509. The first-order valence-corrected chi connectivity index (χ1v) is 3.34. The van der Waals surface area contributed by atoms with Gasteiger partial charge in [0.15, 0.2) is 0 Å². The van der Waals surface area contributed by atoms with Gasteiger partial charge in [0.2, 0.25) is 0 Å². The van der Waals surface area contributed by atoms with E-state index in [2.05, 4.69) is 5.32 Å². The third kappa shape index (κ3) is 7.23. The van der Waals surface area contributed by atoms with Crippen molar-refractivity contribution in [1.82, 2.24) is 5.32 Å². The SMILES string of the molecule is CC(O)CCCNC(N)=O. The molecule has 0 bridgehead atoms. The molecule has 4 nitrogen and oxygen atoms in total. The Bertz CT molecular complexity index is 104. The molecule has 0 heterocycles. The van der Waals surface area contributed by atoms with Gasteiger partial charge in [0, 0.05) is 6.54 Å². The summed E-state index contributed by atoms with van der Waals surface area (Å²) in [6, 6.07) is -0.509. The number of urea groups is 1. The van der Waals surface area contributed by atoms with Crippen molar-refractivity contribution < 1.29 is 9.90 Å². The number of aliphatic hydroxyl groups excluding tert-OH is 1. The molecule has 0 aliphatic heterocycles. The molecule has 60 valence electrons. The van der Waals surface area contributed by atoms with Crippen molar-refractivity contribution in [3.63, 3.8) is 0 Å². The minimum Gasteiger partial charge on any atom is -0.393 e. The highest BCUT2D eigenvalue weighted by molar-refractivity contribution is 5.71. The zero-order chi connectivity index (χ0) is 7.98. The number of aliphatic hydroxyl groups is 1. The van der Waals surface area contributed by atoms with Crippen LogP contribution in [0.3, 0.4) is 0 Å². The lowest BCUT2D eigenvalue weighted by Gasteiger charge is -2.03. The fourth-order valence-electron chi connectivity index (χ4n) is 0.609. The lowest BCUT2D eigenvalue weighted by molar-refractivity contribution is 0.181. The Morgan fingerprint density at radius 1 is 1.80 bits per heavy atom. The summed E-state index contributed by atoms with van der Waals surface area (Å²) >= 11 is 0. The standard InChI is InChI=1S/C6H14N2O2/c1-5(9)3-2-4-8-6(7)10/h5,9H,2-4H2,1H3,(H3,7,8,10). The number of rotatable bonds is 4. The summed E-state index contributed by atoms with van der Waals surface area (Å²) in [7, 11) is 0. The zero-order valence-corrected chi connectivity index (χ0v) is 6.13. The first-order valence-electron chi connectivity index (χ1n) is 3.34.